The Balaban J connectivity index is 2.57. The summed E-state index contributed by atoms with van der Waals surface area (Å²) >= 11 is 0. The minimum absolute atomic E-state index is 0.241. The van der Waals surface area contributed by atoms with Crippen LogP contribution >= 0.6 is 0 Å². The summed E-state index contributed by atoms with van der Waals surface area (Å²) in [5, 5.41) is 21.8. The number of benzene rings is 2. The van der Waals surface area contributed by atoms with Gasteiger partial charge in [-0.05, 0) is 29.3 Å². The summed E-state index contributed by atoms with van der Waals surface area (Å²) in [6.45, 7) is 9.29. The predicted octanol–water partition coefficient (Wildman–Crippen LogP) is 2.63. The highest BCUT2D eigenvalue weighted by atomic mass is 28.4. The fourth-order valence-electron chi connectivity index (χ4n) is 3.10. The van der Waals surface area contributed by atoms with Gasteiger partial charge in [-0.1, -0.05) is 81.4 Å². The van der Waals surface area contributed by atoms with Crippen molar-refractivity contribution in [1.29, 1.82) is 0 Å². The molecule has 0 saturated heterocycles. The molecule has 0 saturated carbocycles. The molecule has 0 bridgehead atoms. The van der Waals surface area contributed by atoms with Crippen LogP contribution in [0.15, 0.2) is 60.7 Å². The number of hydrogen-bond acceptors (Lipinski definition) is 4. The third-order valence-corrected chi connectivity index (χ3v) is 9.41. The Labute approximate surface area is 157 Å². The summed E-state index contributed by atoms with van der Waals surface area (Å²) in [7, 11) is -2.85. The minimum atomic E-state index is -2.85. The molecular weight excluding hydrogens is 344 g/mol. The predicted molar refractivity (Wildman–Crippen MR) is 107 cm³/mol. The molecule has 0 aliphatic rings. The zero-order valence-electron chi connectivity index (χ0n) is 16.3. The summed E-state index contributed by atoms with van der Waals surface area (Å²) in [6.07, 6.45) is -0.843. The van der Waals surface area contributed by atoms with E-state index in [9.17, 15) is 10.2 Å². The smallest absolute Gasteiger partial charge is 0.305 e. The highest BCUT2D eigenvalue weighted by molar-refractivity contribution is 6.99. The largest absolute Gasteiger partial charge is 0.393 e. The summed E-state index contributed by atoms with van der Waals surface area (Å²) in [4.78, 5) is 5.72. The van der Waals surface area contributed by atoms with E-state index in [1.54, 1.807) is 13.8 Å². The molecule has 0 aliphatic heterocycles. The number of aliphatic hydroxyl groups excluding tert-OH is 1. The van der Waals surface area contributed by atoms with Crippen LogP contribution in [-0.4, -0.2) is 36.8 Å². The Morgan fingerprint density at radius 1 is 0.846 bits per heavy atom. The molecule has 142 valence electrons. The van der Waals surface area contributed by atoms with E-state index in [2.05, 4.69) is 45.0 Å². The second-order valence-electron chi connectivity index (χ2n) is 8.17. The average molecular weight is 375 g/mol. The minimum Gasteiger partial charge on any atom is -0.393 e. The van der Waals surface area contributed by atoms with Crippen molar-refractivity contribution >= 4 is 18.7 Å². The van der Waals surface area contributed by atoms with Crippen LogP contribution in [0.1, 0.15) is 34.6 Å². The van der Waals surface area contributed by atoms with Crippen LogP contribution in [0.5, 0.6) is 0 Å². The SMILES string of the molecule is CC(C)(O)C(CO)OO[Si](c1ccccc1)(c1ccccc1)C(C)(C)C. The molecule has 0 aliphatic carbocycles. The zero-order valence-corrected chi connectivity index (χ0v) is 17.3. The molecule has 0 heterocycles. The van der Waals surface area contributed by atoms with Crippen molar-refractivity contribution < 1.29 is 19.7 Å². The van der Waals surface area contributed by atoms with E-state index in [1.807, 2.05) is 36.4 Å². The van der Waals surface area contributed by atoms with Crippen molar-refractivity contribution in [3.63, 3.8) is 0 Å². The van der Waals surface area contributed by atoms with E-state index in [0.717, 1.165) is 10.4 Å². The summed E-state index contributed by atoms with van der Waals surface area (Å²) < 4.78 is 6.26. The van der Waals surface area contributed by atoms with Gasteiger partial charge in [-0.2, -0.15) is 0 Å². The van der Waals surface area contributed by atoms with Gasteiger partial charge < -0.3 is 10.2 Å². The zero-order chi connectivity index (χ0) is 19.4. The third kappa shape index (κ3) is 4.24. The lowest BCUT2D eigenvalue weighted by Crippen LogP contribution is -2.67. The molecule has 0 radical (unpaired) electrons. The van der Waals surface area contributed by atoms with E-state index in [1.165, 1.54) is 0 Å². The topological polar surface area (TPSA) is 58.9 Å². The lowest BCUT2D eigenvalue weighted by Gasteiger charge is -2.42. The van der Waals surface area contributed by atoms with Gasteiger partial charge in [-0.3, -0.25) is 4.58 Å². The molecule has 2 aromatic rings. The molecule has 5 heteroatoms. The van der Waals surface area contributed by atoms with E-state index in [0.29, 0.717) is 0 Å². The molecule has 0 amide bonds. The molecular formula is C21H30O4Si. The molecule has 0 spiro atoms. The Kier molecular flexibility index (Phi) is 6.42. The lowest BCUT2D eigenvalue weighted by molar-refractivity contribution is -0.296. The molecule has 1 atom stereocenters. The van der Waals surface area contributed by atoms with Gasteiger partial charge in [0.1, 0.15) is 6.10 Å². The van der Waals surface area contributed by atoms with Crippen molar-refractivity contribution in [2.24, 2.45) is 0 Å². The van der Waals surface area contributed by atoms with Crippen LogP contribution in [0.25, 0.3) is 0 Å². The maximum absolute atomic E-state index is 10.3. The first-order chi connectivity index (χ1) is 12.1. The Morgan fingerprint density at radius 2 is 1.27 bits per heavy atom. The van der Waals surface area contributed by atoms with Gasteiger partial charge in [0.15, 0.2) is 0 Å². The van der Waals surface area contributed by atoms with Gasteiger partial charge in [0.25, 0.3) is 0 Å². The lowest BCUT2D eigenvalue weighted by atomic mass is 10.0. The van der Waals surface area contributed by atoms with Gasteiger partial charge in [-0.15, -0.1) is 0 Å². The Morgan fingerprint density at radius 3 is 1.58 bits per heavy atom. The second kappa shape index (κ2) is 8.02. The van der Waals surface area contributed by atoms with Gasteiger partial charge in [0, 0.05) is 0 Å². The van der Waals surface area contributed by atoms with Crippen molar-refractivity contribution in [2.75, 3.05) is 6.61 Å². The maximum Gasteiger partial charge on any atom is 0.305 e. The normalized spacial score (nSPS) is 14.3. The van der Waals surface area contributed by atoms with Crippen LogP contribution in [0.2, 0.25) is 5.04 Å². The molecule has 0 fully saturated rings. The van der Waals surface area contributed by atoms with Gasteiger partial charge in [0.05, 0.1) is 12.2 Å². The first kappa shape index (κ1) is 20.8. The van der Waals surface area contributed by atoms with Crippen LogP contribution < -0.4 is 10.4 Å². The molecule has 4 nitrogen and oxygen atoms in total. The maximum atomic E-state index is 10.3. The number of aliphatic hydroxyl groups is 2. The van der Waals surface area contributed by atoms with Crippen LogP contribution in [0.3, 0.4) is 0 Å². The average Bonchev–Trinajstić information content (AvgIpc) is 2.58. The summed E-state index contributed by atoms with van der Waals surface area (Å²) in [6, 6.07) is 20.2. The second-order valence-corrected chi connectivity index (χ2v) is 12.4. The Hall–Kier alpha value is -1.50. The molecule has 0 aromatic heterocycles. The van der Waals surface area contributed by atoms with Gasteiger partial charge in [-0.25, -0.2) is 4.89 Å². The van der Waals surface area contributed by atoms with Crippen molar-refractivity contribution in [3.8, 4) is 0 Å². The molecule has 1 unspecified atom stereocenters. The van der Waals surface area contributed by atoms with E-state index in [-0.39, 0.29) is 11.6 Å². The fourth-order valence-corrected chi connectivity index (χ4v) is 7.19. The monoisotopic (exact) mass is 374 g/mol. The van der Waals surface area contributed by atoms with Crippen LogP contribution in [0, 0.1) is 0 Å². The highest BCUT2D eigenvalue weighted by Gasteiger charge is 2.52. The summed E-state index contributed by atoms with van der Waals surface area (Å²) in [5.41, 5.74) is -1.22. The van der Waals surface area contributed by atoms with Crippen molar-refractivity contribution in [1.82, 2.24) is 0 Å². The third-order valence-electron chi connectivity index (χ3n) is 4.66. The summed E-state index contributed by atoms with van der Waals surface area (Å²) in [5.74, 6) is 0. The van der Waals surface area contributed by atoms with Gasteiger partial charge in [0.2, 0.25) is 0 Å². The van der Waals surface area contributed by atoms with Crippen LogP contribution in [-0.2, 0) is 9.46 Å². The molecule has 2 rings (SSSR count). The standard InChI is InChI=1S/C21H30O4Si/c1-20(2,3)26(17-12-8-6-9-13-17,18-14-10-7-11-15-18)25-24-19(16-22)21(4,5)23/h6-15,19,22-23H,16H2,1-5H3. The first-order valence-electron chi connectivity index (χ1n) is 8.91. The molecule has 2 aromatic carbocycles. The highest BCUT2D eigenvalue weighted by Crippen LogP contribution is 2.37. The van der Waals surface area contributed by atoms with Crippen molar-refractivity contribution in [2.45, 2.75) is 51.4 Å². The number of rotatable bonds is 7. The van der Waals surface area contributed by atoms with E-state index in [4.69, 9.17) is 9.46 Å². The first-order valence-corrected chi connectivity index (χ1v) is 10.8. The van der Waals surface area contributed by atoms with Gasteiger partial charge >= 0.3 is 8.32 Å². The van der Waals surface area contributed by atoms with E-state index < -0.39 is 20.0 Å². The quantitative estimate of drug-likeness (QED) is 0.444. The Bertz CT molecular complexity index is 635. The van der Waals surface area contributed by atoms with Crippen molar-refractivity contribution in [3.05, 3.63) is 60.7 Å². The molecule has 26 heavy (non-hydrogen) atoms. The van der Waals surface area contributed by atoms with Crippen LogP contribution in [0.4, 0.5) is 0 Å². The number of hydrogen-bond donors (Lipinski definition) is 2. The molecule has 2 N–H and O–H groups in total. The van der Waals surface area contributed by atoms with E-state index >= 15 is 0 Å². The fraction of sp³-hybridized carbons (Fsp3) is 0.429.